The predicted octanol–water partition coefficient (Wildman–Crippen LogP) is 13.1. The second-order valence-corrected chi connectivity index (χ2v) is 14.1. The van der Waals surface area contributed by atoms with E-state index in [0.717, 1.165) is 72.1 Å². The van der Waals surface area contributed by atoms with Crippen LogP contribution in [0.2, 0.25) is 0 Å². The summed E-state index contributed by atoms with van der Waals surface area (Å²) >= 11 is 0. The fourth-order valence-corrected chi connectivity index (χ4v) is 8.77. The van der Waals surface area contributed by atoms with Gasteiger partial charge >= 0.3 is 0 Å². The lowest BCUT2D eigenvalue weighted by Gasteiger charge is -2.12. The van der Waals surface area contributed by atoms with Crippen molar-refractivity contribution < 1.29 is 4.42 Å². The average molecular weight is 703 g/mol. The third-order valence-corrected chi connectivity index (χ3v) is 11.1. The largest absolute Gasteiger partial charge is 0.456 e. The van der Waals surface area contributed by atoms with Crippen LogP contribution in [0.3, 0.4) is 0 Å². The van der Waals surface area contributed by atoms with E-state index in [1.165, 1.54) is 32.6 Å². The lowest BCUT2D eigenvalue weighted by molar-refractivity contribution is 0.668. The maximum Gasteiger partial charge on any atom is 0.161 e. The molecule has 0 N–H and O–H groups in total. The molecule has 5 nitrogen and oxygen atoms in total. The smallest absolute Gasteiger partial charge is 0.161 e. The maximum atomic E-state index is 6.73. The Morgan fingerprint density at radius 1 is 0.400 bits per heavy atom. The van der Waals surface area contributed by atoms with Gasteiger partial charge in [-0.1, -0.05) is 127 Å². The van der Waals surface area contributed by atoms with Crippen molar-refractivity contribution in [3.8, 4) is 34.0 Å². The van der Waals surface area contributed by atoms with Gasteiger partial charge in [0.2, 0.25) is 0 Å². The fraction of sp³-hybridized carbons (Fsp3) is 0. The first-order valence-corrected chi connectivity index (χ1v) is 18.6. The number of benzene rings is 8. The van der Waals surface area contributed by atoms with E-state index in [4.69, 9.17) is 14.4 Å². The summed E-state index contributed by atoms with van der Waals surface area (Å²) in [5.41, 5.74) is 12.3. The SMILES string of the molecule is c1ccc(-c2nc(-c3cccc4oc5cc(-n6c7ccccc7c7ccc8c9ccccc9n(-c9ccccc9)c8c76)ccc5c34)nc3ccccc23)cc1. The molecule has 0 aliphatic rings. The molecule has 0 saturated heterocycles. The monoisotopic (exact) mass is 702 g/mol. The van der Waals surface area contributed by atoms with Crippen molar-refractivity contribution in [2.24, 2.45) is 0 Å². The molecular weight excluding hydrogens is 673 g/mol. The van der Waals surface area contributed by atoms with Gasteiger partial charge in [-0.15, -0.1) is 0 Å². The molecule has 0 fully saturated rings. The summed E-state index contributed by atoms with van der Waals surface area (Å²) in [4.78, 5) is 10.3. The van der Waals surface area contributed by atoms with Gasteiger partial charge in [0.05, 0.1) is 39.0 Å². The molecule has 0 atom stereocenters. The number of nitrogens with zero attached hydrogens (tertiary/aromatic N) is 4. The van der Waals surface area contributed by atoms with Crippen LogP contribution in [0.5, 0.6) is 0 Å². The minimum absolute atomic E-state index is 0.674. The molecule has 0 amide bonds. The molecule has 8 aromatic carbocycles. The maximum absolute atomic E-state index is 6.73. The highest BCUT2D eigenvalue weighted by Crippen LogP contribution is 2.43. The standard InChI is InChI=1S/C50H30N4O/c1-3-14-31(15-4-1)47-38-20-7-10-22-41(38)51-50(52-47)40-21-13-25-44-46(40)39-27-26-33(30-45(39)55-44)54-43-24-12-9-19-35(43)37-29-28-36-34-18-8-11-23-42(34)53(48(36)49(37)54)32-16-5-2-6-17-32/h1-30H. The molecule has 4 aromatic heterocycles. The topological polar surface area (TPSA) is 48.8 Å². The van der Waals surface area contributed by atoms with Crippen molar-refractivity contribution in [3.63, 3.8) is 0 Å². The van der Waals surface area contributed by atoms with Gasteiger partial charge in [-0.2, -0.15) is 0 Å². The van der Waals surface area contributed by atoms with Gasteiger partial charge in [-0.25, -0.2) is 9.97 Å². The summed E-state index contributed by atoms with van der Waals surface area (Å²) in [5.74, 6) is 0.674. The Kier molecular flexibility index (Phi) is 6.27. The summed E-state index contributed by atoms with van der Waals surface area (Å²) in [6, 6.07) is 64.1. The van der Waals surface area contributed by atoms with Crippen molar-refractivity contribution in [2.75, 3.05) is 0 Å². The second kappa shape index (κ2) is 11.5. The zero-order valence-corrected chi connectivity index (χ0v) is 29.5. The second-order valence-electron chi connectivity index (χ2n) is 14.1. The molecule has 0 unspecified atom stereocenters. The first kappa shape index (κ1) is 30.0. The first-order valence-electron chi connectivity index (χ1n) is 18.6. The zero-order valence-electron chi connectivity index (χ0n) is 29.5. The molecule has 0 saturated carbocycles. The van der Waals surface area contributed by atoms with Crippen LogP contribution in [0.25, 0.3) is 110 Å². The van der Waals surface area contributed by atoms with Crippen molar-refractivity contribution in [1.29, 1.82) is 0 Å². The minimum Gasteiger partial charge on any atom is -0.456 e. The first-order chi connectivity index (χ1) is 27.3. The highest BCUT2D eigenvalue weighted by atomic mass is 16.3. The number of aromatic nitrogens is 4. The third-order valence-electron chi connectivity index (χ3n) is 11.1. The van der Waals surface area contributed by atoms with E-state index < -0.39 is 0 Å². The van der Waals surface area contributed by atoms with E-state index in [-0.39, 0.29) is 0 Å². The predicted molar refractivity (Wildman–Crippen MR) is 226 cm³/mol. The van der Waals surface area contributed by atoms with Crippen LogP contribution in [0, 0.1) is 0 Å². The van der Waals surface area contributed by atoms with Crippen LogP contribution in [-0.4, -0.2) is 19.1 Å². The van der Waals surface area contributed by atoms with E-state index in [9.17, 15) is 0 Å². The Hall–Kier alpha value is -7.50. The van der Waals surface area contributed by atoms with Gasteiger partial charge in [0, 0.05) is 60.6 Å². The molecule has 0 spiro atoms. The Morgan fingerprint density at radius 2 is 1.00 bits per heavy atom. The van der Waals surface area contributed by atoms with Crippen LogP contribution in [0.15, 0.2) is 186 Å². The van der Waals surface area contributed by atoms with Gasteiger partial charge in [-0.05, 0) is 48.5 Å². The average Bonchev–Trinajstić information content (AvgIpc) is 3.91. The minimum atomic E-state index is 0.674. The van der Waals surface area contributed by atoms with Crippen molar-refractivity contribution >= 4 is 76.5 Å². The number of fused-ring (bicyclic) bond motifs is 11. The summed E-state index contributed by atoms with van der Waals surface area (Å²) in [6.07, 6.45) is 0. The molecule has 4 heterocycles. The molecule has 55 heavy (non-hydrogen) atoms. The highest BCUT2D eigenvalue weighted by Gasteiger charge is 2.22. The van der Waals surface area contributed by atoms with Crippen LogP contribution in [0.4, 0.5) is 0 Å². The van der Waals surface area contributed by atoms with Gasteiger partial charge in [0.1, 0.15) is 11.2 Å². The molecule has 0 aliphatic heterocycles. The molecule has 256 valence electrons. The summed E-state index contributed by atoms with van der Waals surface area (Å²) in [6.45, 7) is 0. The Labute approximate surface area is 315 Å². The summed E-state index contributed by atoms with van der Waals surface area (Å²) in [5, 5.41) is 7.92. The molecule has 0 aliphatic carbocycles. The Balaban J connectivity index is 1.13. The van der Waals surface area contributed by atoms with Crippen LogP contribution in [-0.2, 0) is 0 Å². The quantitative estimate of drug-likeness (QED) is 0.183. The van der Waals surface area contributed by atoms with Crippen molar-refractivity contribution in [1.82, 2.24) is 19.1 Å². The number of hydrogen-bond acceptors (Lipinski definition) is 3. The van der Waals surface area contributed by atoms with Gasteiger partial charge in [0.25, 0.3) is 0 Å². The Bertz CT molecular complexity index is 3480. The van der Waals surface area contributed by atoms with Crippen LogP contribution >= 0.6 is 0 Å². The number of para-hydroxylation sites is 4. The number of furan rings is 1. The van der Waals surface area contributed by atoms with E-state index in [0.29, 0.717) is 5.82 Å². The molecule has 12 aromatic rings. The van der Waals surface area contributed by atoms with E-state index in [1.807, 2.05) is 30.3 Å². The summed E-state index contributed by atoms with van der Waals surface area (Å²) in [7, 11) is 0. The molecule has 0 radical (unpaired) electrons. The Morgan fingerprint density at radius 3 is 1.73 bits per heavy atom. The lowest BCUT2D eigenvalue weighted by atomic mass is 10.0. The van der Waals surface area contributed by atoms with Gasteiger partial charge < -0.3 is 13.6 Å². The molecular formula is C50H30N4O. The fourth-order valence-electron chi connectivity index (χ4n) is 8.77. The molecule has 5 heteroatoms. The van der Waals surface area contributed by atoms with Crippen molar-refractivity contribution in [3.05, 3.63) is 182 Å². The zero-order chi connectivity index (χ0) is 36.0. The van der Waals surface area contributed by atoms with Crippen LogP contribution in [0.1, 0.15) is 0 Å². The highest BCUT2D eigenvalue weighted by molar-refractivity contribution is 6.24. The van der Waals surface area contributed by atoms with Crippen molar-refractivity contribution in [2.45, 2.75) is 0 Å². The van der Waals surface area contributed by atoms with Crippen LogP contribution < -0.4 is 0 Å². The number of hydrogen-bond donors (Lipinski definition) is 0. The number of rotatable bonds is 4. The normalized spacial score (nSPS) is 12.0. The van der Waals surface area contributed by atoms with E-state index in [2.05, 4.69) is 161 Å². The van der Waals surface area contributed by atoms with Gasteiger partial charge in [-0.3, -0.25) is 0 Å². The van der Waals surface area contributed by atoms with E-state index in [1.54, 1.807) is 0 Å². The molecule has 12 rings (SSSR count). The lowest BCUT2D eigenvalue weighted by Crippen LogP contribution is -1.98. The summed E-state index contributed by atoms with van der Waals surface area (Å²) < 4.78 is 11.6. The van der Waals surface area contributed by atoms with Gasteiger partial charge in [0.15, 0.2) is 5.82 Å². The third kappa shape index (κ3) is 4.35. The molecule has 0 bridgehead atoms. The van der Waals surface area contributed by atoms with E-state index >= 15 is 0 Å².